The van der Waals surface area contributed by atoms with Crippen LogP contribution in [0.2, 0.25) is 0 Å². The predicted octanol–water partition coefficient (Wildman–Crippen LogP) is -12.5. The van der Waals surface area contributed by atoms with E-state index in [4.69, 9.17) is 0 Å². The van der Waals surface area contributed by atoms with E-state index in [-0.39, 0.29) is 137 Å². The van der Waals surface area contributed by atoms with Crippen LogP contribution in [0.5, 0.6) is 0 Å². The summed E-state index contributed by atoms with van der Waals surface area (Å²) in [5.74, 6) is 0. The fraction of sp³-hybridized carbons (Fsp3) is 0. The third-order valence-electron chi connectivity index (χ3n) is 0. The summed E-state index contributed by atoms with van der Waals surface area (Å²) in [5.41, 5.74) is 0. The normalized spacial score (nSPS) is 0. The Balaban J connectivity index is 0. The molecule has 0 fully saturated rings. The first-order chi connectivity index (χ1) is 0. The third kappa shape index (κ3) is 165. The van der Waals surface area contributed by atoms with Gasteiger partial charge in [-0.15, -0.1) is 0 Å². The van der Waals surface area contributed by atoms with E-state index in [1.54, 1.807) is 0 Å². The molecule has 0 aromatic rings. The predicted molar refractivity (Wildman–Crippen MR) is 2.75 cm³/mol. The van der Waals surface area contributed by atoms with Crippen LogP contribution in [0.4, 0.5) is 0 Å². The van der Waals surface area contributed by atoms with E-state index in [9.17, 15) is 0 Å². The third-order valence-corrected chi connectivity index (χ3v) is 0. The molecule has 0 rings (SSSR count). The molecule has 0 radical (unpaired) electrons. The minimum Gasteiger partial charge on any atom is -2.00 e. The summed E-state index contributed by atoms with van der Waals surface area (Å²) in [4.78, 5) is 0. The Hall–Kier alpha value is 3.14. The molecule has 0 saturated heterocycles. The first kappa shape index (κ1) is 247. The molecule has 0 spiro atoms. The standard InChI is InChI=1S/4ClH.4O.3Ti/h4*1H;;;;;;;/q;;;;4*-2;3*+4/p-4. The van der Waals surface area contributed by atoms with Crippen LogP contribution >= 0.6 is 0 Å². The van der Waals surface area contributed by atoms with Gasteiger partial charge in [0.2, 0.25) is 0 Å². The number of halogens is 4. The van der Waals surface area contributed by atoms with Gasteiger partial charge in [-0.1, -0.05) is 0 Å². The molecule has 0 heterocycles. The van der Waals surface area contributed by atoms with E-state index in [1.165, 1.54) is 0 Å². The Morgan fingerprint density at radius 1 is 0.273 bits per heavy atom. The molecule has 0 aliphatic heterocycles. The van der Waals surface area contributed by atoms with E-state index < -0.39 is 0 Å². The summed E-state index contributed by atoms with van der Waals surface area (Å²) in [6, 6.07) is 0. The Morgan fingerprint density at radius 2 is 0.273 bits per heavy atom. The van der Waals surface area contributed by atoms with E-state index in [2.05, 4.69) is 0 Å². The Bertz CT molecular complexity index is 17.3. The topological polar surface area (TPSA) is 114 Å². The molecular formula is Cl4O4Ti3. The fourth-order valence-electron chi connectivity index (χ4n) is 0. The first-order valence-corrected chi connectivity index (χ1v) is 0. The Kier molecular flexibility index (Phi) is 4410. The van der Waals surface area contributed by atoms with Gasteiger partial charge < -0.3 is 71.5 Å². The van der Waals surface area contributed by atoms with Gasteiger partial charge in [-0.05, 0) is 0 Å². The van der Waals surface area contributed by atoms with Gasteiger partial charge in [0.25, 0.3) is 0 Å². The summed E-state index contributed by atoms with van der Waals surface area (Å²) >= 11 is 0. The molecule has 0 aliphatic carbocycles. The van der Waals surface area contributed by atoms with Gasteiger partial charge in [0.1, 0.15) is 0 Å². The number of rotatable bonds is 0. The van der Waals surface area contributed by atoms with Crippen LogP contribution in [0.3, 0.4) is 0 Å². The SMILES string of the molecule is [Cl-].[Cl-].[Cl-].[Cl-].[O-2].[O-2].[O-2].[O-2].[Ti+4].[Ti+4].[Ti+4]. The van der Waals surface area contributed by atoms with Crippen molar-refractivity contribution in [3.8, 4) is 0 Å². The average molecular weight is 349 g/mol. The molecular weight excluding hydrogens is 349 g/mol. The van der Waals surface area contributed by atoms with Crippen molar-refractivity contribution < 1.29 is 137 Å². The van der Waals surface area contributed by atoms with Crippen molar-refractivity contribution in [2.75, 3.05) is 0 Å². The minimum absolute atomic E-state index is 0. The summed E-state index contributed by atoms with van der Waals surface area (Å²) < 4.78 is 0. The molecule has 0 aromatic carbocycles. The van der Waals surface area contributed by atoms with Crippen LogP contribution in [0, 0.1) is 0 Å². The maximum Gasteiger partial charge on any atom is 4.00 e. The quantitative estimate of drug-likeness (QED) is 0.387. The number of hydrogen-bond acceptors (Lipinski definition) is 0. The van der Waals surface area contributed by atoms with Crippen molar-refractivity contribution in [1.82, 2.24) is 0 Å². The zero-order valence-corrected chi connectivity index (χ0v) is 12.4. The molecule has 0 saturated carbocycles. The first-order valence-electron chi connectivity index (χ1n) is 0. The van der Waals surface area contributed by atoms with Crippen molar-refractivity contribution in [1.29, 1.82) is 0 Å². The molecule has 0 atom stereocenters. The van der Waals surface area contributed by atoms with Crippen molar-refractivity contribution in [2.24, 2.45) is 0 Å². The molecule has 0 unspecified atom stereocenters. The number of hydrogen-bond donors (Lipinski definition) is 0. The van der Waals surface area contributed by atoms with Gasteiger partial charge in [0, 0.05) is 0 Å². The van der Waals surface area contributed by atoms with E-state index in [1.807, 2.05) is 0 Å². The van der Waals surface area contributed by atoms with E-state index >= 15 is 0 Å². The monoisotopic (exact) mass is 348 g/mol. The second kappa shape index (κ2) is 196. The van der Waals surface area contributed by atoms with Crippen molar-refractivity contribution in [3.63, 3.8) is 0 Å². The average Bonchev–Trinajstić information content (AvgIpc) is 0. The molecule has 0 N–H and O–H groups in total. The largest absolute Gasteiger partial charge is 4.00 e. The molecule has 4 nitrogen and oxygen atoms in total. The molecule has 0 amide bonds. The van der Waals surface area contributed by atoms with Crippen LogP contribution in [0.15, 0.2) is 0 Å². The van der Waals surface area contributed by atoms with Crippen molar-refractivity contribution in [2.45, 2.75) is 0 Å². The van der Waals surface area contributed by atoms with Gasteiger partial charge in [0.15, 0.2) is 0 Å². The Morgan fingerprint density at radius 3 is 0.273 bits per heavy atom. The summed E-state index contributed by atoms with van der Waals surface area (Å²) in [5, 5.41) is 0. The minimum atomic E-state index is 0. The second-order valence-corrected chi connectivity index (χ2v) is 0. The zero-order chi connectivity index (χ0) is 0. The van der Waals surface area contributed by atoms with E-state index in [0.29, 0.717) is 0 Å². The summed E-state index contributed by atoms with van der Waals surface area (Å²) in [6.45, 7) is 0. The van der Waals surface area contributed by atoms with Crippen LogP contribution in [0.25, 0.3) is 0 Å². The van der Waals surface area contributed by atoms with Gasteiger partial charge in [-0.2, -0.15) is 0 Å². The fourth-order valence-corrected chi connectivity index (χ4v) is 0. The van der Waals surface area contributed by atoms with Crippen LogP contribution in [-0.4, -0.2) is 0 Å². The van der Waals surface area contributed by atoms with Gasteiger partial charge in [-0.25, -0.2) is 0 Å². The molecule has 0 aromatic heterocycles. The van der Waals surface area contributed by atoms with Gasteiger partial charge in [-0.3, -0.25) is 0 Å². The molecule has 11 heavy (non-hydrogen) atoms. The Labute approximate surface area is 135 Å². The second-order valence-electron chi connectivity index (χ2n) is 0. The van der Waals surface area contributed by atoms with Crippen molar-refractivity contribution >= 4 is 0 Å². The van der Waals surface area contributed by atoms with E-state index in [0.717, 1.165) is 0 Å². The molecule has 0 aliphatic rings. The van der Waals surface area contributed by atoms with Gasteiger partial charge in [0.05, 0.1) is 0 Å². The zero-order valence-electron chi connectivity index (χ0n) is 4.64. The van der Waals surface area contributed by atoms with Gasteiger partial charge >= 0.3 is 65.2 Å². The molecule has 11 heteroatoms. The maximum absolute atomic E-state index is 0. The van der Waals surface area contributed by atoms with Crippen molar-refractivity contribution in [3.05, 3.63) is 0 Å². The summed E-state index contributed by atoms with van der Waals surface area (Å²) in [7, 11) is 0. The van der Waals surface area contributed by atoms with Crippen LogP contribution in [0.1, 0.15) is 0 Å². The van der Waals surface area contributed by atoms with Crippen LogP contribution in [-0.2, 0) is 87.1 Å². The summed E-state index contributed by atoms with van der Waals surface area (Å²) in [6.07, 6.45) is 0. The molecule has 64 valence electrons. The maximum atomic E-state index is 0. The smallest absolute Gasteiger partial charge is 2.00 e. The molecule has 0 bridgehead atoms. The van der Waals surface area contributed by atoms with Crippen LogP contribution < -0.4 is 49.6 Å².